The summed E-state index contributed by atoms with van der Waals surface area (Å²) in [4.78, 5) is 25.1. The zero-order valence-corrected chi connectivity index (χ0v) is 12.8. The number of rotatable bonds is 7. The minimum Gasteiger partial charge on any atom is -0.465 e. The van der Waals surface area contributed by atoms with Crippen LogP contribution in [0.15, 0.2) is 42.5 Å². The van der Waals surface area contributed by atoms with Gasteiger partial charge in [-0.1, -0.05) is 42.5 Å². The van der Waals surface area contributed by atoms with Crippen LogP contribution in [-0.4, -0.2) is 25.2 Å². The molecule has 0 N–H and O–H groups in total. The van der Waals surface area contributed by atoms with E-state index in [1.165, 1.54) is 0 Å². The summed E-state index contributed by atoms with van der Waals surface area (Å²) in [7, 11) is 0. The Morgan fingerprint density at radius 3 is 2.00 bits per heavy atom. The van der Waals surface area contributed by atoms with Crippen LogP contribution in [0.3, 0.4) is 0 Å². The number of hydrogen-bond acceptors (Lipinski definition) is 4. The van der Waals surface area contributed by atoms with Crippen molar-refractivity contribution in [2.24, 2.45) is 0 Å². The Morgan fingerprint density at radius 2 is 1.57 bits per heavy atom. The first kappa shape index (κ1) is 17.0. The highest BCUT2D eigenvalue weighted by Crippen LogP contribution is 2.32. The molecule has 0 spiro atoms. The molecule has 114 valence electrons. The average Bonchev–Trinajstić information content (AvgIpc) is 2.50. The number of ether oxygens (including phenoxy) is 2. The van der Waals surface area contributed by atoms with Crippen LogP contribution in [0.25, 0.3) is 0 Å². The molecule has 0 aliphatic carbocycles. The lowest BCUT2D eigenvalue weighted by Gasteiger charge is -2.28. The highest BCUT2D eigenvalue weighted by molar-refractivity contribution is 6.06. The Morgan fingerprint density at radius 1 is 1.05 bits per heavy atom. The van der Waals surface area contributed by atoms with Gasteiger partial charge in [-0.3, -0.25) is 9.59 Å². The first-order valence-corrected chi connectivity index (χ1v) is 7.14. The van der Waals surface area contributed by atoms with Gasteiger partial charge in [-0.25, -0.2) is 0 Å². The van der Waals surface area contributed by atoms with E-state index in [2.05, 4.69) is 0 Å². The van der Waals surface area contributed by atoms with Gasteiger partial charge in [-0.2, -0.15) is 0 Å². The molecular weight excluding hydrogens is 268 g/mol. The topological polar surface area (TPSA) is 52.6 Å². The van der Waals surface area contributed by atoms with E-state index in [1.54, 1.807) is 50.3 Å². The van der Waals surface area contributed by atoms with Gasteiger partial charge in [0.2, 0.25) is 0 Å². The van der Waals surface area contributed by atoms with Gasteiger partial charge in [0.05, 0.1) is 13.2 Å². The molecule has 1 rings (SSSR count). The van der Waals surface area contributed by atoms with Crippen molar-refractivity contribution in [3.05, 3.63) is 48.0 Å². The molecule has 0 unspecified atom stereocenters. The summed E-state index contributed by atoms with van der Waals surface area (Å²) in [5.74, 6) is -1.15. The fraction of sp³-hybridized carbons (Fsp3) is 0.412. The summed E-state index contributed by atoms with van der Waals surface area (Å²) in [6.07, 6.45) is 3.79. The molecule has 1 aromatic carbocycles. The van der Waals surface area contributed by atoms with E-state index in [-0.39, 0.29) is 19.6 Å². The SMILES string of the molecule is C/C=C/CC(C(=O)OCC)(C(=O)OCC)c1ccccc1. The zero-order chi connectivity index (χ0) is 15.7. The number of benzene rings is 1. The van der Waals surface area contributed by atoms with E-state index < -0.39 is 17.4 Å². The van der Waals surface area contributed by atoms with Gasteiger partial charge >= 0.3 is 11.9 Å². The third-order valence-electron chi connectivity index (χ3n) is 3.17. The molecule has 0 aromatic heterocycles. The fourth-order valence-electron chi connectivity index (χ4n) is 2.13. The highest BCUT2D eigenvalue weighted by atomic mass is 16.6. The molecule has 0 saturated heterocycles. The third kappa shape index (κ3) is 3.72. The van der Waals surface area contributed by atoms with Crippen molar-refractivity contribution in [3.63, 3.8) is 0 Å². The van der Waals surface area contributed by atoms with Crippen molar-refractivity contribution in [1.82, 2.24) is 0 Å². The second-order valence-corrected chi connectivity index (χ2v) is 4.49. The third-order valence-corrected chi connectivity index (χ3v) is 3.17. The average molecular weight is 290 g/mol. The Labute approximate surface area is 125 Å². The highest BCUT2D eigenvalue weighted by Gasteiger charge is 2.49. The zero-order valence-electron chi connectivity index (χ0n) is 12.8. The predicted molar refractivity (Wildman–Crippen MR) is 80.8 cm³/mol. The standard InChI is InChI=1S/C17H22O4/c1-4-7-13-17(15(18)20-5-2,16(19)21-6-3)14-11-9-8-10-12-14/h4,7-12H,5-6,13H2,1-3H3/b7-4+. The molecule has 1 aromatic rings. The molecule has 0 radical (unpaired) electrons. The summed E-state index contributed by atoms with van der Waals surface area (Å²) in [6.45, 7) is 5.69. The molecule has 0 heterocycles. The van der Waals surface area contributed by atoms with Gasteiger partial charge in [-0.05, 0) is 32.8 Å². The second kappa shape index (κ2) is 8.25. The minimum atomic E-state index is -1.44. The van der Waals surface area contributed by atoms with Crippen molar-refractivity contribution in [2.45, 2.75) is 32.6 Å². The molecule has 0 fully saturated rings. The van der Waals surface area contributed by atoms with Crippen molar-refractivity contribution in [3.8, 4) is 0 Å². The first-order chi connectivity index (χ1) is 10.1. The molecule has 0 saturated carbocycles. The largest absolute Gasteiger partial charge is 0.465 e. The van der Waals surface area contributed by atoms with Crippen LogP contribution in [0.1, 0.15) is 32.8 Å². The molecule has 0 aliphatic heterocycles. The molecule has 0 amide bonds. The van der Waals surface area contributed by atoms with Crippen molar-refractivity contribution in [1.29, 1.82) is 0 Å². The van der Waals surface area contributed by atoms with Crippen LogP contribution in [0.2, 0.25) is 0 Å². The Hall–Kier alpha value is -2.10. The van der Waals surface area contributed by atoms with Crippen LogP contribution in [0, 0.1) is 0 Å². The van der Waals surface area contributed by atoms with Gasteiger partial charge < -0.3 is 9.47 Å². The predicted octanol–water partition coefficient (Wildman–Crippen LogP) is 3.02. The number of carbonyl (C=O) groups excluding carboxylic acids is 2. The van der Waals surface area contributed by atoms with Crippen LogP contribution >= 0.6 is 0 Å². The van der Waals surface area contributed by atoms with E-state index in [1.807, 2.05) is 13.0 Å². The Bertz CT molecular complexity index is 473. The lowest BCUT2D eigenvalue weighted by molar-refractivity contribution is -0.164. The molecule has 4 nitrogen and oxygen atoms in total. The van der Waals surface area contributed by atoms with Crippen molar-refractivity contribution in [2.75, 3.05) is 13.2 Å². The van der Waals surface area contributed by atoms with Gasteiger partial charge in [0.15, 0.2) is 5.41 Å². The van der Waals surface area contributed by atoms with E-state index in [9.17, 15) is 9.59 Å². The molecular formula is C17H22O4. The maximum Gasteiger partial charge on any atom is 0.328 e. The number of hydrogen-bond donors (Lipinski definition) is 0. The van der Waals surface area contributed by atoms with Crippen LogP contribution in [0.5, 0.6) is 0 Å². The van der Waals surface area contributed by atoms with Gasteiger partial charge in [0.1, 0.15) is 0 Å². The molecule has 0 aliphatic rings. The van der Waals surface area contributed by atoms with Crippen molar-refractivity contribution < 1.29 is 19.1 Å². The molecule has 0 bridgehead atoms. The fourth-order valence-corrected chi connectivity index (χ4v) is 2.13. The summed E-state index contributed by atoms with van der Waals surface area (Å²) in [5, 5.41) is 0. The van der Waals surface area contributed by atoms with E-state index >= 15 is 0 Å². The van der Waals surface area contributed by atoms with E-state index in [0.717, 1.165) is 0 Å². The van der Waals surface area contributed by atoms with Crippen molar-refractivity contribution >= 4 is 11.9 Å². The van der Waals surface area contributed by atoms with E-state index in [4.69, 9.17) is 9.47 Å². The number of carbonyl (C=O) groups is 2. The van der Waals surface area contributed by atoms with Crippen LogP contribution in [0.4, 0.5) is 0 Å². The first-order valence-electron chi connectivity index (χ1n) is 7.14. The maximum absolute atomic E-state index is 12.5. The lowest BCUT2D eigenvalue weighted by atomic mass is 9.77. The molecule has 0 atom stereocenters. The van der Waals surface area contributed by atoms with Gasteiger partial charge in [0, 0.05) is 0 Å². The monoisotopic (exact) mass is 290 g/mol. The Balaban J connectivity index is 3.39. The smallest absolute Gasteiger partial charge is 0.328 e. The lowest BCUT2D eigenvalue weighted by Crippen LogP contribution is -2.46. The summed E-state index contributed by atoms with van der Waals surface area (Å²) in [5.41, 5.74) is -0.861. The number of esters is 2. The summed E-state index contributed by atoms with van der Waals surface area (Å²) < 4.78 is 10.3. The minimum absolute atomic E-state index is 0.211. The number of allylic oxidation sites excluding steroid dienone is 2. The van der Waals surface area contributed by atoms with Crippen LogP contribution < -0.4 is 0 Å². The van der Waals surface area contributed by atoms with Gasteiger partial charge in [-0.15, -0.1) is 0 Å². The van der Waals surface area contributed by atoms with E-state index in [0.29, 0.717) is 5.56 Å². The van der Waals surface area contributed by atoms with Gasteiger partial charge in [0.25, 0.3) is 0 Å². The molecule has 21 heavy (non-hydrogen) atoms. The summed E-state index contributed by atoms with van der Waals surface area (Å²) in [6, 6.07) is 8.91. The maximum atomic E-state index is 12.5. The quantitative estimate of drug-likeness (QED) is 0.440. The van der Waals surface area contributed by atoms with Crippen LogP contribution in [-0.2, 0) is 24.5 Å². The normalized spacial score (nSPS) is 11.4. The second-order valence-electron chi connectivity index (χ2n) is 4.49. The Kier molecular flexibility index (Phi) is 6.66. The summed E-state index contributed by atoms with van der Waals surface area (Å²) >= 11 is 0. The molecule has 4 heteroatoms.